The van der Waals surface area contributed by atoms with Crippen molar-refractivity contribution in [2.75, 3.05) is 6.54 Å². The van der Waals surface area contributed by atoms with E-state index in [0.717, 1.165) is 43.0 Å². The largest absolute Gasteiger partial charge is 0.304 e. The Morgan fingerprint density at radius 3 is 2.65 bits per heavy atom. The van der Waals surface area contributed by atoms with E-state index in [4.69, 9.17) is 0 Å². The molecule has 0 saturated carbocycles. The van der Waals surface area contributed by atoms with Crippen LogP contribution < -0.4 is 5.32 Å². The first-order valence-corrected chi connectivity index (χ1v) is 7.16. The Balaban J connectivity index is 2.31. The summed E-state index contributed by atoms with van der Waals surface area (Å²) in [5, 5.41) is 11.7. The number of hydrogen-bond acceptors (Lipinski definition) is 5. The average Bonchev–Trinajstić information content (AvgIpc) is 2.90. The Hall–Kier alpha value is -1.82. The molecule has 1 N–H and O–H groups in total. The molecule has 0 aliphatic rings. The first-order valence-electron chi connectivity index (χ1n) is 7.16. The van der Waals surface area contributed by atoms with E-state index in [1.165, 1.54) is 0 Å². The highest BCUT2D eigenvalue weighted by Gasteiger charge is 2.19. The lowest BCUT2D eigenvalue weighted by atomic mass is 10.1. The number of nitrogens with zero attached hydrogens (tertiary/aromatic N) is 5. The molecule has 6 nitrogen and oxygen atoms in total. The highest BCUT2D eigenvalue weighted by molar-refractivity contribution is 5.18. The smallest absolute Gasteiger partial charge is 0.0954 e. The topological polar surface area (TPSA) is 68.5 Å². The number of nitrogens with one attached hydrogen (secondary N) is 1. The fraction of sp³-hybridized carbons (Fsp3) is 0.571. The molecule has 0 aliphatic heterocycles. The van der Waals surface area contributed by atoms with E-state index in [9.17, 15) is 0 Å². The minimum Gasteiger partial charge on any atom is -0.304 e. The molecular weight excluding hydrogens is 252 g/mol. The van der Waals surface area contributed by atoms with Crippen molar-refractivity contribution in [1.29, 1.82) is 0 Å². The van der Waals surface area contributed by atoms with Gasteiger partial charge < -0.3 is 5.32 Å². The summed E-state index contributed by atoms with van der Waals surface area (Å²) in [6, 6.07) is -0.00963. The molecule has 1 unspecified atom stereocenters. The summed E-state index contributed by atoms with van der Waals surface area (Å²) < 4.78 is 1.94. The molecule has 1 atom stereocenters. The molecule has 20 heavy (non-hydrogen) atoms. The molecular formula is C14H22N6. The molecule has 6 heteroatoms. The summed E-state index contributed by atoms with van der Waals surface area (Å²) in [5.41, 5.74) is 2.87. The van der Waals surface area contributed by atoms with Crippen molar-refractivity contribution in [2.45, 2.75) is 46.2 Å². The van der Waals surface area contributed by atoms with Crippen LogP contribution in [0.3, 0.4) is 0 Å². The predicted molar refractivity (Wildman–Crippen MR) is 77.2 cm³/mol. The summed E-state index contributed by atoms with van der Waals surface area (Å²) in [5.74, 6) is 0. The average molecular weight is 274 g/mol. The molecule has 2 aromatic rings. The lowest BCUT2D eigenvalue weighted by Crippen LogP contribution is -2.27. The molecule has 108 valence electrons. The molecule has 0 spiro atoms. The van der Waals surface area contributed by atoms with Crippen LogP contribution in [0, 0.1) is 6.92 Å². The maximum atomic E-state index is 4.49. The van der Waals surface area contributed by atoms with Crippen molar-refractivity contribution in [1.82, 2.24) is 30.3 Å². The zero-order valence-electron chi connectivity index (χ0n) is 12.4. The first kappa shape index (κ1) is 14.6. The van der Waals surface area contributed by atoms with E-state index in [0.29, 0.717) is 0 Å². The molecule has 2 heterocycles. The van der Waals surface area contributed by atoms with E-state index in [1.807, 2.05) is 24.0 Å². The minimum absolute atomic E-state index is 0.00963. The monoisotopic (exact) mass is 274 g/mol. The molecule has 0 radical (unpaired) electrons. The van der Waals surface area contributed by atoms with Crippen molar-refractivity contribution < 1.29 is 0 Å². The van der Waals surface area contributed by atoms with Gasteiger partial charge in [-0.15, -0.1) is 5.10 Å². The van der Waals surface area contributed by atoms with Crippen molar-refractivity contribution in [2.24, 2.45) is 0 Å². The van der Waals surface area contributed by atoms with Gasteiger partial charge >= 0.3 is 0 Å². The molecule has 0 aliphatic carbocycles. The first-order chi connectivity index (χ1) is 9.76. The van der Waals surface area contributed by atoms with Crippen molar-refractivity contribution in [3.8, 4) is 0 Å². The molecule has 2 rings (SSSR count). The lowest BCUT2D eigenvalue weighted by molar-refractivity contribution is 0.498. The van der Waals surface area contributed by atoms with E-state index in [-0.39, 0.29) is 6.04 Å². The molecule has 0 amide bonds. The zero-order valence-corrected chi connectivity index (χ0v) is 12.4. The van der Waals surface area contributed by atoms with Crippen LogP contribution in [0.2, 0.25) is 0 Å². The van der Waals surface area contributed by atoms with Gasteiger partial charge in [-0.2, -0.15) is 0 Å². The molecule has 0 saturated heterocycles. The minimum atomic E-state index is -0.00963. The standard InChI is InChI=1S/C14H22N6/c1-4-6-15-14(12-9-16-11(3)8-17-12)13-10-18-19-20(13)7-5-2/h8-10,14-15H,4-7H2,1-3H3. The Morgan fingerprint density at radius 1 is 1.15 bits per heavy atom. The third-order valence-corrected chi connectivity index (χ3v) is 3.07. The Labute approximate surface area is 119 Å². The van der Waals surface area contributed by atoms with Crippen molar-refractivity contribution in [3.63, 3.8) is 0 Å². The van der Waals surface area contributed by atoms with Gasteiger partial charge in [-0.05, 0) is 26.3 Å². The summed E-state index contributed by atoms with van der Waals surface area (Å²) >= 11 is 0. The summed E-state index contributed by atoms with van der Waals surface area (Å²) in [6.07, 6.45) is 7.52. The van der Waals surface area contributed by atoms with Gasteiger partial charge in [0.1, 0.15) is 0 Å². The number of aromatic nitrogens is 5. The quantitative estimate of drug-likeness (QED) is 0.835. The van der Waals surface area contributed by atoms with Gasteiger partial charge in [0.25, 0.3) is 0 Å². The van der Waals surface area contributed by atoms with E-state index >= 15 is 0 Å². The highest BCUT2D eigenvalue weighted by Crippen LogP contribution is 2.19. The molecule has 2 aromatic heterocycles. The van der Waals surface area contributed by atoms with Crippen LogP contribution in [0.15, 0.2) is 18.6 Å². The second-order valence-electron chi connectivity index (χ2n) is 4.85. The Morgan fingerprint density at radius 2 is 2.00 bits per heavy atom. The third-order valence-electron chi connectivity index (χ3n) is 3.07. The van der Waals surface area contributed by atoms with Gasteiger partial charge in [0, 0.05) is 12.7 Å². The van der Waals surface area contributed by atoms with Crippen LogP contribution in [-0.2, 0) is 6.54 Å². The van der Waals surface area contributed by atoms with Gasteiger partial charge in [-0.25, -0.2) is 4.68 Å². The fourth-order valence-electron chi connectivity index (χ4n) is 2.08. The van der Waals surface area contributed by atoms with Gasteiger partial charge in [0.2, 0.25) is 0 Å². The SMILES string of the molecule is CCCNC(c1cnc(C)cn1)c1cnnn1CCC. The molecule has 0 fully saturated rings. The summed E-state index contributed by atoms with van der Waals surface area (Å²) in [4.78, 5) is 8.84. The van der Waals surface area contributed by atoms with E-state index in [1.54, 1.807) is 6.20 Å². The number of hydrogen-bond donors (Lipinski definition) is 1. The third kappa shape index (κ3) is 3.39. The fourth-order valence-corrected chi connectivity index (χ4v) is 2.08. The Bertz CT molecular complexity index is 519. The molecule has 0 aromatic carbocycles. The van der Waals surface area contributed by atoms with Gasteiger partial charge in [-0.1, -0.05) is 19.1 Å². The van der Waals surface area contributed by atoms with Gasteiger partial charge in [-0.3, -0.25) is 9.97 Å². The van der Waals surface area contributed by atoms with Crippen LogP contribution >= 0.6 is 0 Å². The van der Waals surface area contributed by atoms with Crippen LogP contribution in [0.1, 0.15) is 49.8 Å². The Kier molecular flexibility index (Phi) is 5.17. The maximum Gasteiger partial charge on any atom is 0.0954 e. The van der Waals surface area contributed by atoms with E-state index in [2.05, 4.69) is 39.4 Å². The maximum absolute atomic E-state index is 4.49. The normalized spacial score (nSPS) is 12.6. The number of rotatable bonds is 7. The second-order valence-corrected chi connectivity index (χ2v) is 4.85. The van der Waals surface area contributed by atoms with E-state index < -0.39 is 0 Å². The van der Waals surface area contributed by atoms with Crippen LogP contribution in [-0.4, -0.2) is 31.5 Å². The highest BCUT2D eigenvalue weighted by atomic mass is 15.4. The zero-order chi connectivity index (χ0) is 14.4. The summed E-state index contributed by atoms with van der Waals surface area (Å²) in [7, 11) is 0. The predicted octanol–water partition coefficient (Wildman–Crippen LogP) is 1.88. The van der Waals surface area contributed by atoms with Crippen molar-refractivity contribution in [3.05, 3.63) is 35.7 Å². The van der Waals surface area contributed by atoms with Gasteiger partial charge in [0.15, 0.2) is 0 Å². The van der Waals surface area contributed by atoms with Crippen LogP contribution in [0.4, 0.5) is 0 Å². The number of aryl methyl sites for hydroxylation is 2. The lowest BCUT2D eigenvalue weighted by Gasteiger charge is -2.18. The summed E-state index contributed by atoms with van der Waals surface area (Å²) in [6.45, 7) is 7.99. The van der Waals surface area contributed by atoms with Crippen molar-refractivity contribution >= 4 is 0 Å². The van der Waals surface area contributed by atoms with Gasteiger partial charge in [0.05, 0.1) is 35.5 Å². The van der Waals surface area contributed by atoms with Crippen LogP contribution in [0.5, 0.6) is 0 Å². The molecule has 0 bridgehead atoms. The van der Waals surface area contributed by atoms with Crippen LogP contribution in [0.25, 0.3) is 0 Å². The second kappa shape index (κ2) is 7.09.